The Kier molecular flexibility index (Phi) is 7.53. The lowest BCUT2D eigenvalue weighted by Crippen LogP contribution is -2.46. The highest BCUT2D eigenvalue weighted by molar-refractivity contribution is 7.09. The van der Waals surface area contributed by atoms with Gasteiger partial charge in [0.2, 0.25) is 11.8 Å². The molecular weight excluding hydrogens is 404 g/mol. The predicted molar refractivity (Wildman–Crippen MR) is 114 cm³/mol. The molecule has 8 nitrogen and oxygen atoms in total. The number of hydrogen-bond acceptors (Lipinski definition) is 6. The monoisotopic (exact) mass is 430 g/mol. The standard InChI is InChI=1S/C21H26N4O4S/c1-22-20(27)15-7-5-14(6-8-15)17-13-30-18(24-17)10-23-21(28)16-4-3-9-25(11-16)19(26)12-29-2/h5-8,13,16H,3-4,9-12H2,1-2H3,(H,22,27)(H,23,28)/t16-/m0/s1. The Balaban J connectivity index is 1.54. The van der Waals surface area contributed by atoms with Crippen LogP contribution < -0.4 is 10.6 Å². The number of aromatic nitrogens is 1. The highest BCUT2D eigenvalue weighted by Crippen LogP contribution is 2.23. The maximum absolute atomic E-state index is 12.6. The Hall–Kier alpha value is -2.78. The van der Waals surface area contributed by atoms with Crippen LogP contribution >= 0.6 is 11.3 Å². The fourth-order valence-corrected chi connectivity index (χ4v) is 4.14. The van der Waals surface area contributed by atoms with Crippen LogP contribution in [0.25, 0.3) is 11.3 Å². The van der Waals surface area contributed by atoms with Gasteiger partial charge >= 0.3 is 0 Å². The maximum Gasteiger partial charge on any atom is 0.251 e. The van der Waals surface area contributed by atoms with Gasteiger partial charge in [0.15, 0.2) is 0 Å². The average Bonchev–Trinajstić information content (AvgIpc) is 3.26. The molecule has 1 aliphatic rings. The number of likely N-dealkylation sites (tertiary alicyclic amines) is 1. The quantitative estimate of drug-likeness (QED) is 0.696. The first-order valence-corrected chi connectivity index (χ1v) is 10.7. The summed E-state index contributed by atoms with van der Waals surface area (Å²) in [5.41, 5.74) is 2.31. The van der Waals surface area contributed by atoms with Crippen molar-refractivity contribution in [1.82, 2.24) is 20.5 Å². The van der Waals surface area contributed by atoms with Gasteiger partial charge in [0.05, 0.1) is 18.2 Å². The molecule has 0 bridgehead atoms. The minimum Gasteiger partial charge on any atom is -0.375 e. The molecule has 30 heavy (non-hydrogen) atoms. The summed E-state index contributed by atoms with van der Waals surface area (Å²) in [5.74, 6) is -0.483. The fraction of sp³-hybridized carbons (Fsp3) is 0.429. The number of hydrogen-bond donors (Lipinski definition) is 2. The van der Waals surface area contributed by atoms with Gasteiger partial charge in [-0.15, -0.1) is 11.3 Å². The lowest BCUT2D eigenvalue weighted by atomic mass is 9.97. The van der Waals surface area contributed by atoms with E-state index >= 15 is 0 Å². The summed E-state index contributed by atoms with van der Waals surface area (Å²) in [6.45, 7) is 1.48. The summed E-state index contributed by atoms with van der Waals surface area (Å²) in [7, 11) is 3.09. The predicted octanol–water partition coefficient (Wildman–Crippen LogP) is 1.67. The fourth-order valence-electron chi connectivity index (χ4n) is 3.40. The van der Waals surface area contributed by atoms with Gasteiger partial charge in [0.25, 0.3) is 5.91 Å². The van der Waals surface area contributed by atoms with E-state index in [2.05, 4.69) is 15.6 Å². The van der Waals surface area contributed by atoms with E-state index in [0.717, 1.165) is 29.1 Å². The maximum atomic E-state index is 12.6. The molecule has 1 fully saturated rings. The van der Waals surface area contributed by atoms with Crippen molar-refractivity contribution in [3.05, 3.63) is 40.2 Å². The molecule has 2 heterocycles. The third kappa shape index (κ3) is 5.43. The molecule has 0 aliphatic carbocycles. The molecule has 2 N–H and O–H groups in total. The third-order valence-electron chi connectivity index (χ3n) is 5.05. The molecule has 3 amide bonds. The van der Waals surface area contributed by atoms with Gasteiger partial charge in [-0.1, -0.05) is 12.1 Å². The number of ether oxygens (including phenoxy) is 1. The highest BCUT2D eigenvalue weighted by Gasteiger charge is 2.28. The number of amides is 3. The van der Waals surface area contributed by atoms with Gasteiger partial charge < -0.3 is 20.3 Å². The SMILES string of the molecule is CNC(=O)c1ccc(-c2csc(CNC(=O)[C@H]3CCCN(C(=O)COC)C3)n2)cc1. The molecule has 1 aromatic heterocycles. The van der Waals surface area contributed by atoms with Crippen LogP contribution in [0.4, 0.5) is 0 Å². The highest BCUT2D eigenvalue weighted by atomic mass is 32.1. The van der Waals surface area contributed by atoms with E-state index in [4.69, 9.17) is 4.74 Å². The number of nitrogens with one attached hydrogen (secondary N) is 2. The Morgan fingerprint density at radius 3 is 2.73 bits per heavy atom. The van der Waals surface area contributed by atoms with Crippen LogP contribution in [0.3, 0.4) is 0 Å². The van der Waals surface area contributed by atoms with Gasteiger partial charge in [-0.05, 0) is 25.0 Å². The van der Waals surface area contributed by atoms with Gasteiger partial charge in [-0.2, -0.15) is 0 Å². The van der Waals surface area contributed by atoms with E-state index in [0.29, 0.717) is 25.2 Å². The van der Waals surface area contributed by atoms with E-state index in [1.807, 2.05) is 17.5 Å². The molecule has 1 aromatic carbocycles. The van der Waals surface area contributed by atoms with Crippen LogP contribution in [0.2, 0.25) is 0 Å². The number of carbonyl (C=O) groups excluding carboxylic acids is 3. The molecule has 2 aromatic rings. The molecule has 9 heteroatoms. The number of thiazole rings is 1. The third-order valence-corrected chi connectivity index (χ3v) is 5.90. The van der Waals surface area contributed by atoms with E-state index in [9.17, 15) is 14.4 Å². The topological polar surface area (TPSA) is 101 Å². The van der Waals surface area contributed by atoms with E-state index < -0.39 is 0 Å². The molecule has 3 rings (SSSR count). The van der Waals surface area contributed by atoms with Gasteiger partial charge in [0.1, 0.15) is 11.6 Å². The molecule has 160 valence electrons. The minimum absolute atomic E-state index is 0.0420. The molecule has 0 spiro atoms. The van der Waals surface area contributed by atoms with Crippen molar-refractivity contribution >= 4 is 29.1 Å². The van der Waals surface area contributed by atoms with Crippen molar-refractivity contribution in [2.75, 3.05) is 33.9 Å². The van der Waals surface area contributed by atoms with E-state index in [-0.39, 0.29) is 30.2 Å². The second-order valence-electron chi connectivity index (χ2n) is 7.11. The smallest absolute Gasteiger partial charge is 0.251 e. The van der Waals surface area contributed by atoms with Crippen LogP contribution in [0.15, 0.2) is 29.6 Å². The van der Waals surface area contributed by atoms with Crippen LogP contribution in [0, 0.1) is 5.92 Å². The summed E-state index contributed by atoms with van der Waals surface area (Å²) >= 11 is 1.47. The summed E-state index contributed by atoms with van der Waals surface area (Å²) in [6, 6.07) is 7.23. The van der Waals surface area contributed by atoms with Crippen molar-refractivity contribution in [2.24, 2.45) is 5.92 Å². The molecule has 1 saturated heterocycles. The van der Waals surface area contributed by atoms with Gasteiger partial charge in [0, 0.05) is 43.8 Å². The first kappa shape index (κ1) is 21.9. The van der Waals surface area contributed by atoms with Crippen molar-refractivity contribution < 1.29 is 19.1 Å². The zero-order chi connectivity index (χ0) is 21.5. The van der Waals surface area contributed by atoms with Crippen molar-refractivity contribution in [2.45, 2.75) is 19.4 Å². The zero-order valence-electron chi connectivity index (χ0n) is 17.1. The second kappa shape index (κ2) is 10.3. The molecule has 0 radical (unpaired) electrons. The van der Waals surface area contributed by atoms with Crippen LogP contribution in [0.5, 0.6) is 0 Å². The molecule has 1 aliphatic heterocycles. The van der Waals surface area contributed by atoms with Crippen molar-refractivity contribution in [1.29, 1.82) is 0 Å². The Labute approximate surface area is 179 Å². The normalized spacial score (nSPS) is 16.2. The number of piperidine rings is 1. The second-order valence-corrected chi connectivity index (χ2v) is 8.06. The summed E-state index contributed by atoms with van der Waals surface area (Å²) in [4.78, 5) is 42.5. The Morgan fingerprint density at radius 2 is 2.03 bits per heavy atom. The minimum atomic E-state index is -0.212. The first-order valence-electron chi connectivity index (χ1n) is 9.83. The Morgan fingerprint density at radius 1 is 1.27 bits per heavy atom. The van der Waals surface area contributed by atoms with E-state index in [1.165, 1.54) is 18.4 Å². The lowest BCUT2D eigenvalue weighted by Gasteiger charge is -2.31. The van der Waals surface area contributed by atoms with E-state index in [1.54, 1.807) is 24.1 Å². The average molecular weight is 431 g/mol. The molecule has 0 unspecified atom stereocenters. The largest absolute Gasteiger partial charge is 0.375 e. The van der Waals surface area contributed by atoms with Crippen molar-refractivity contribution in [3.63, 3.8) is 0 Å². The zero-order valence-corrected chi connectivity index (χ0v) is 18.0. The van der Waals surface area contributed by atoms with Gasteiger partial charge in [-0.3, -0.25) is 14.4 Å². The van der Waals surface area contributed by atoms with Gasteiger partial charge in [-0.25, -0.2) is 4.98 Å². The number of methoxy groups -OCH3 is 1. The Bertz CT molecular complexity index is 897. The molecular formula is C21H26N4O4S. The summed E-state index contributed by atoms with van der Waals surface area (Å²) in [5, 5.41) is 8.27. The summed E-state index contributed by atoms with van der Waals surface area (Å²) in [6.07, 6.45) is 1.57. The number of benzene rings is 1. The summed E-state index contributed by atoms with van der Waals surface area (Å²) < 4.78 is 4.90. The number of rotatable bonds is 7. The van der Waals surface area contributed by atoms with Crippen LogP contribution in [0.1, 0.15) is 28.2 Å². The number of nitrogens with zero attached hydrogens (tertiary/aromatic N) is 2. The number of carbonyl (C=O) groups is 3. The van der Waals surface area contributed by atoms with Crippen LogP contribution in [-0.2, 0) is 20.9 Å². The molecule has 1 atom stereocenters. The van der Waals surface area contributed by atoms with Crippen molar-refractivity contribution in [3.8, 4) is 11.3 Å². The van der Waals surface area contributed by atoms with Crippen LogP contribution in [-0.4, -0.2) is 61.5 Å². The molecule has 0 saturated carbocycles. The lowest BCUT2D eigenvalue weighted by molar-refractivity contribution is -0.139. The first-order chi connectivity index (χ1) is 14.5.